The van der Waals surface area contributed by atoms with Crippen molar-refractivity contribution >= 4 is 34.9 Å². The van der Waals surface area contributed by atoms with Crippen molar-refractivity contribution < 1.29 is 28.7 Å². The number of hydrogen-bond donors (Lipinski definition) is 0. The molecule has 0 aromatic heterocycles. The lowest BCUT2D eigenvalue weighted by molar-refractivity contribution is -0.123. The Labute approximate surface area is 226 Å². The fourth-order valence-corrected chi connectivity index (χ4v) is 4.92. The van der Waals surface area contributed by atoms with E-state index in [1.165, 1.54) is 24.1 Å². The predicted octanol–water partition coefficient (Wildman–Crippen LogP) is 3.19. The minimum Gasteiger partial charge on any atom is -0.497 e. The molecule has 0 bridgehead atoms. The number of rotatable bonds is 8. The number of anilines is 2. The van der Waals surface area contributed by atoms with Crippen LogP contribution < -0.4 is 14.5 Å². The van der Waals surface area contributed by atoms with Crippen molar-refractivity contribution in [3.05, 3.63) is 90.0 Å². The molecule has 2 amide bonds. The van der Waals surface area contributed by atoms with Gasteiger partial charge in [0.2, 0.25) is 5.91 Å². The molecule has 0 N–H and O–H groups in total. The van der Waals surface area contributed by atoms with Gasteiger partial charge in [0.05, 0.1) is 30.8 Å². The number of para-hydroxylation sites is 1. The largest absolute Gasteiger partial charge is 0.497 e. The first-order valence-corrected chi connectivity index (χ1v) is 12.8. The molecule has 2 saturated heterocycles. The van der Waals surface area contributed by atoms with Gasteiger partial charge >= 0.3 is 5.97 Å². The number of esters is 1. The molecule has 0 spiro atoms. The Morgan fingerprint density at radius 1 is 0.795 bits per heavy atom. The summed E-state index contributed by atoms with van der Waals surface area (Å²) >= 11 is 0. The summed E-state index contributed by atoms with van der Waals surface area (Å²) in [6.07, 6.45) is 0.126. The maximum atomic E-state index is 13.3. The average Bonchev–Trinajstić information content (AvgIpc) is 3.29. The predicted molar refractivity (Wildman–Crippen MR) is 145 cm³/mol. The molecule has 3 aromatic rings. The highest BCUT2D eigenvalue weighted by Gasteiger charge is 2.43. The second-order valence-corrected chi connectivity index (χ2v) is 9.42. The van der Waals surface area contributed by atoms with Gasteiger partial charge in [-0.05, 0) is 60.7 Å². The van der Waals surface area contributed by atoms with E-state index in [4.69, 9.17) is 9.47 Å². The third-order valence-corrected chi connectivity index (χ3v) is 7.11. The van der Waals surface area contributed by atoms with Crippen molar-refractivity contribution in [3.8, 4) is 5.75 Å². The van der Waals surface area contributed by atoms with Crippen LogP contribution in [-0.4, -0.2) is 74.4 Å². The number of imide groups is 1. The fourth-order valence-electron chi connectivity index (χ4n) is 4.92. The summed E-state index contributed by atoms with van der Waals surface area (Å²) in [7, 11) is 1.53. The fraction of sp³-hybridized carbons (Fsp3) is 0.267. The molecule has 200 valence electrons. The Kier molecular flexibility index (Phi) is 7.69. The first-order chi connectivity index (χ1) is 18.9. The summed E-state index contributed by atoms with van der Waals surface area (Å²) in [5, 5.41) is 0. The smallest absolute Gasteiger partial charge is 0.338 e. The third kappa shape index (κ3) is 5.68. The number of benzene rings is 3. The first-order valence-electron chi connectivity index (χ1n) is 12.8. The van der Waals surface area contributed by atoms with Gasteiger partial charge in [0.25, 0.3) is 5.91 Å². The molecule has 0 radical (unpaired) electrons. The zero-order chi connectivity index (χ0) is 27.4. The van der Waals surface area contributed by atoms with Gasteiger partial charge in [-0.25, -0.2) is 9.69 Å². The molecule has 0 saturated carbocycles. The van der Waals surface area contributed by atoms with Crippen molar-refractivity contribution in [1.29, 1.82) is 0 Å². The summed E-state index contributed by atoms with van der Waals surface area (Å²) in [6, 6.07) is 22.2. The van der Waals surface area contributed by atoms with Crippen molar-refractivity contribution in [2.24, 2.45) is 0 Å². The van der Waals surface area contributed by atoms with Crippen LogP contribution >= 0.6 is 0 Å². The molecule has 9 nitrogen and oxygen atoms in total. The number of carbonyl (C=O) groups excluding carboxylic acids is 4. The highest BCUT2D eigenvalue weighted by molar-refractivity contribution is 6.22. The molecule has 39 heavy (non-hydrogen) atoms. The van der Waals surface area contributed by atoms with E-state index < -0.39 is 18.6 Å². The summed E-state index contributed by atoms with van der Waals surface area (Å²) in [5.41, 5.74) is 2.17. The number of nitrogens with zero attached hydrogens (tertiary/aromatic N) is 3. The molecule has 3 aromatic carbocycles. The van der Waals surface area contributed by atoms with Crippen LogP contribution in [0.3, 0.4) is 0 Å². The zero-order valence-corrected chi connectivity index (χ0v) is 21.6. The Hall–Kier alpha value is -4.50. The lowest BCUT2D eigenvalue weighted by Crippen LogP contribution is -2.52. The van der Waals surface area contributed by atoms with Crippen LogP contribution in [0, 0.1) is 0 Å². The number of methoxy groups -OCH3 is 1. The number of carbonyl (C=O) groups is 4. The van der Waals surface area contributed by atoms with Crippen LogP contribution in [0.25, 0.3) is 0 Å². The van der Waals surface area contributed by atoms with Crippen LogP contribution in [-0.2, 0) is 14.3 Å². The van der Waals surface area contributed by atoms with Crippen LogP contribution in [0.2, 0.25) is 0 Å². The second kappa shape index (κ2) is 11.5. The maximum absolute atomic E-state index is 13.3. The highest BCUT2D eigenvalue weighted by atomic mass is 16.5. The lowest BCUT2D eigenvalue weighted by Gasteiger charge is -2.38. The average molecular weight is 528 g/mol. The van der Waals surface area contributed by atoms with Crippen LogP contribution in [0.4, 0.5) is 11.4 Å². The lowest BCUT2D eigenvalue weighted by atomic mass is 10.1. The summed E-state index contributed by atoms with van der Waals surface area (Å²) in [6.45, 7) is 2.52. The van der Waals surface area contributed by atoms with Gasteiger partial charge in [-0.15, -0.1) is 0 Å². The van der Waals surface area contributed by atoms with Crippen molar-refractivity contribution in [3.63, 3.8) is 0 Å². The van der Waals surface area contributed by atoms with Gasteiger partial charge in [0, 0.05) is 37.4 Å². The Bertz CT molecular complexity index is 1350. The van der Waals surface area contributed by atoms with E-state index in [9.17, 15) is 19.2 Å². The standard InChI is InChI=1S/C30H29N3O6/c1-38-25-13-9-21(10-14-25)27(34)20-39-30(37)22-7-11-24(12-8-22)33-28(35)19-26(29(33)36)32-17-15-31(16-18-32)23-5-3-2-4-6-23/h2-14,26H,15-20H2,1H3. The summed E-state index contributed by atoms with van der Waals surface area (Å²) in [4.78, 5) is 56.4. The monoisotopic (exact) mass is 527 g/mol. The van der Waals surface area contributed by atoms with E-state index in [-0.39, 0.29) is 29.6 Å². The number of Topliss-reactive ketones (excluding diaryl/α,β-unsaturated/α-hetero) is 1. The van der Waals surface area contributed by atoms with Gasteiger partial charge < -0.3 is 14.4 Å². The van der Waals surface area contributed by atoms with E-state index in [0.717, 1.165) is 18.8 Å². The first kappa shape index (κ1) is 26.1. The number of hydrogen-bond acceptors (Lipinski definition) is 8. The van der Waals surface area contributed by atoms with E-state index in [2.05, 4.69) is 21.9 Å². The van der Waals surface area contributed by atoms with Crippen molar-refractivity contribution in [2.45, 2.75) is 12.5 Å². The summed E-state index contributed by atoms with van der Waals surface area (Å²) in [5.74, 6) is -0.914. The third-order valence-electron chi connectivity index (χ3n) is 7.11. The van der Waals surface area contributed by atoms with Gasteiger partial charge in [0.1, 0.15) is 5.75 Å². The minimum absolute atomic E-state index is 0.126. The Morgan fingerprint density at radius 3 is 2.08 bits per heavy atom. The minimum atomic E-state index is -0.670. The van der Waals surface area contributed by atoms with Crippen molar-refractivity contribution in [1.82, 2.24) is 4.90 Å². The number of amides is 2. The molecular formula is C30H29N3O6. The molecule has 9 heteroatoms. The SMILES string of the molecule is COc1ccc(C(=O)COC(=O)c2ccc(N3C(=O)CC(N4CCN(c5ccccc5)CC4)C3=O)cc2)cc1. The Balaban J connectivity index is 1.16. The molecule has 1 atom stereocenters. The van der Waals surface area contributed by atoms with Gasteiger partial charge in [-0.2, -0.15) is 0 Å². The van der Waals surface area contributed by atoms with Crippen LogP contribution in [0.5, 0.6) is 5.75 Å². The molecule has 2 fully saturated rings. The summed E-state index contributed by atoms with van der Waals surface area (Å²) < 4.78 is 10.2. The van der Waals surface area contributed by atoms with Gasteiger partial charge in [-0.3, -0.25) is 19.3 Å². The number of ketones is 1. The molecule has 1 unspecified atom stereocenters. The van der Waals surface area contributed by atoms with E-state index in [0.29, 0.717) is 30.1 Å². The van der Waals surface area contributed by atoms with E-state index >= 15 is 0 Å². The highest BCUT2D eigenvalue weighted by Crippen LogP contribution is 2.27. The molecule has 2 aliphatic rings. The number of piperazine rings is 1. The molecule has 5 rings (SSSR count). The quantitative estimate of drug-likeness (QED) is 0.250. The Morgan fingerprint density at radius 2 is 1.44 bits per heavy atom. The second-order valence-electron chi connectivity index (χ2n) is 9.42. The van der Waals surface area contributed by atoms with E-state index in [1.807, 2.05) is 18.2 Å². The number of ether oxygens (including phenoxy) is 2. The van der Waals surface area contributed by atoms with Crippen LogP contribution in [0.15, 0.2) is 78.9 Å². The van der Waals surface area contributed by atoms with Crippen LogP contribution in [0.1, 0.15) is 27.1 Å². The molecule has 0 aliphatic carbocycles. The topological polar surface area (TPSA) is 96.5 Å². The van der Waals surface area contributed by atoms with Gasteiger partial charge in [0.15, 0.2) is 12.4 Å². The molecular weight excluding hydrogens is 498 g/mol. The molecule has 2 heterocycles. The zero-order valence-electron chi connectivity index (χ0n) is 21.6. The maximum Gasteiger partial charge on any atom is 0.338 e. The normalized spacial score (nSPS) is 17.8. The van der Waals surface area contributed by atoms with Gasteiger partial charge in [-0.1, -0.05) is 18.2 Å². The molecule has 2 aliphatic heterocycles. The van der Waals surface area contributed by atoms with Crippen molar-refractivity contribution in [2.75, 3.05) is 49.7 Å². The van der Waals surface area contributed by atoms with E-state index in [1.54, 1.807) is 36.4 Å².